The third kappa shape index (κ3) is 3.32. The predicted molar refractivity (Wildman–Crippen MR) is 89.4 cm³/mol. The van der Waals surface area contributed by atoms with Crippen molar-refractivity contribution in [3.05, 3.63) is 53.6 Å². The molecule has 124 valence electrons. The Bertz CT molecular complexity index is 786. The summed E-state index contributed by atoms with van der Waals surface area (Å²) in [6.45, 7) is 0.199. The van der Waals surface area contributed by atoms with E-state index in [2.05, 4.69) is 5.32 Å². The molecule has 0 aromatic heterocycles. The Morgan fingerprint density at radius 3 is 2.62 bits per heavy atom. The lowest BCUT2D eigenvalue weighted by atomic mass is 10.1. The van der Waals surface area contributed by atoms with E-state index in [1.807, 2.05) is 6.07 Å². The summed E-state index contributed by atoms with van der Waals surface area (Å²) in [5, 5.41) is 2.80. The fourth-order valence-electron chi connectivity index (χ4n) is 2.45. The van der Waals surface area contributed by atoms with Gasteiger partial charge in [0.2, 0.25) is 12.7 Å². The fourth-order valence-corrected chi connectivity index (χ4v) is 2.45. The van der Waals surface area contributed by atoms with Gasteiger partial charge in [-0.15, -0.1) is 0 Å². The van der Waals surface area contributed by atoms with Crippen molar-refractivity contribution in [2.24, 2.45) is 0 Å². The molecule has 2 aromatic carbocycles. The SMILES string of the molecule is CN(C)C(=O)c1ccccc1NC(=O)Cc1ccc2c(c1)OCO2. The third-order valence-corrected chi connectivity index (χ3v) is 3.64. The van der Waals surface area contributed by atoms with Crippen LogP contribution in [0, 0.1) is 0 Å². The van der Waals surface area contributed by atoms with Gasteiger partial charge in [0, 0.05) is 14.1 Å². The van der Waals surface area contributed by atoms with Gasteiger partial charge in [0.15, 0.2) is 11.5 Å². The quantitative estimate of drug-likeness (QED) is 0.936. The molecule has 24 heavy (non-hydrogen) atoms. The first-order valence-corrected chi connectivity index (χ1v) is 7.53. The van der Waals surface area contributed by atoms with Crippen molar-refractivity contribution in [2.75, 3.05) is 26.2 Å². The Morgan fingerprint density at radius 1 is 1.08 bits per heavy atom. The monoisotopic (exact) mass is 326 g/mol. The van der Waals surface area contributed by atoms with E-state index >= 15 is 0 Å². The predicted octanol–water partition coefficient (Wildman–Crippen LogP) is 2.30. The smallest absolute Gasteiger partial charge is 0.255 e. The van der Waals surface area contributed by atoms with Crippen LogP contribution in [0.1, 0.15) is 15.9 Å². The summed E-state index contributed by atoms with van der Waals surface area (Å²) in [6.07, 6.45) is 0.182. The standard InChI is InChI=1S/C18H18N2O4/c1-20(2)18(22)13-5-3-4-6-14(13)19-17(21)10-12-7-8-15-16(9-12)24-11-23-15/h3-9H,10-11H2,1-2H3,(H,19,21). The summed E-state index contributed by atoms with van der Waals surface area (Å²) in [5.41, 5.74) is 1.77. The first-order chi connectivity index (χ1) is 11.5. The number of amides is 2. The lowest BCUT2D eigenvalue weighted by Gasteiger charge is -2.14. The molecule has 0 radical (unpaired) electrons. The second-order valence-corrected chi connectivity index (χ2v) is 5.66. The average molecular weight is 326 g/mol. The minimum atomic E-state index is -0.201. The number of hydrogen-bond acceptors (Lipinski definition) is 4. The highest BCUT2D eigenvalue weighted by Gasteiger charge is 2.17. The lowest BCUT2D eigenvalue weighted by molar-refractivity contribution is -0.115. The second-order valence-electron chi connectivity index (χ2n) is 5.66. The first kappa shape index (κ1) is 15.9. The van der Waals surface area contributed by atoms with Crippen LogP contribution in [-0.4, -0.2) is 37.6 Å². The first-order valence-electron chi connectivity index (χ1n) is 7.53. The van der Waals surface area contributed by atoms with Crippen LogP contribution in [0.4, 0.5) is 5.69 Å². The molecule has 0 spiro atoms. The van der Waals surface area contributed by atoms with Gasteiger partial charge in [-0.1, -0.05) is 18.2 Å². The molecule has 0 atom stereocenters. The Morgan fingerprint density at radius 2 is 1.83 bits per heavy atom. The summed E-state index contributed by atoms with van der Waals surface area (Å²) in [5.74, 6) is 0.964. The molecule has 2 amide bonds. The normalized spacial score (nSPS) is 11.9. The highest BCUT2D eigenvalue weighted by atomic mass is 16.7. The van der Waals surface area contributed by atoms with Crippen LogP contribution in [0.5, 0.6) is 11.5 Å². The molecule has 2 aromatic rings. The number of hydrogen-bond donors (Lipinski definition) is 1. The fraction of sp³-hybridized carbons (Fsp3) is 0.222. The third-order valence-electron chi connectivity index (χ3n) is 3.64. The van der Waals surface area contributed by atoms with Gasteiger partial charge in [0.1, 0.15) is 0 Å². The van der Waals surface area contributed by atoms with Crippen LogP contribution in [0.3, 0.4) is 0 Å². The van der Waals surface area contributed by atoms with Gasteiger partial charge in [0.05, 0.1) is 17.7 Å². The minimum Gasteiger partial charge on any atom is -0.454 e. The maximum atomic E-state index is 12.3. The van der Waals surface area contributed by atoms with Crippen LogP contribution < -0.4 is 14.8 Å². The molecule has 0 aliphatic carbocycles. The summed E-state index contributed by atoms with van der Waals surface area (Å²) in [7, 11) is 3.35. The van der Waals surface area contributed by atoms with Gasteiger partial charge >= 0.3 is 0 Å². The van der Waals surface area contributed by atoms with Crippen molar-refractivity contribution in [3.8, 4) is 11.5 Å². The zero-order valence-corrected chi connectivity index (χ0v) is 13.5. The van der Waals surface area contributed by atoms with Gasteiger partial charge < -0.3 is 19.7 Å². The van der Waals surface area contributed by atoms with Crippen LogP contribution in [-0.2, 0) is 11.2 Å². The molecule has 0 unspecified atom stereocenters. The number of rotatable bonds is 4. The Labute approximate surface area is 140 Å². The van der Waals surface area contributed by atoms with Crippen molar-refractivity contribution >= 4 is 17.5 Å². The molecule has 1 aliphatic heterocycles. The molecule has 1 heterocycles. The molecule has 0 bridgehead atoms. The number of anilines is 1. The number of nitrogens with zero attached hydrogens (tertiary/aromatic N) is 1. The highest BCUT2D eigenvalue weighted by Crippen LogP contribution is 2.32. The number of ether oxygens (including phenoxy) is 2. The average Bonchev–Trinajstić information content (AvgIpc) is 3.02. The van der Waals surface area contributed by atoms with Gasteiger partial charge in [-0.25, -0.2) is 0 Å². The molecule has 0 fully saturated rings. The number of carbonyl (C=O) groups is 2. The molecule has 1 aliphatic rings. The minimum absolute atomic E-state index is 0.158. The Balaban J connectivity index is 1.73. The van der Waals surface area contributed by atoms with Gasteiger partial charge in [-0.2, -0.15) is 0 Å². The van der Waals surface area contributed by atoms with E-state index < -0.39 is 0 Å². The summed E-state index contributed by atoms with van der Waals surface area (Å²) < 4.78 is 10.6. The zero-order valence-electron chi connectivity index (χ0n) is 13.5. The topological polar surface area (TPSA) is 67.9 Å². The van der Waals surface area contributed by atoms with Gasteiger partial charge in [0.25, 0.3) is 5.91 Å². The van der Waals surface area contributed by atoms with Crippen molar-refractivity contribution < 1.29 is 19.1 Å². The lowest BCUT2D eigenvalue weighted by Crippen LogP contribution is -2.24. The molecule has 6 nitrogen and oxygen atoms in total. The number of para-hydroxylation sites is 1. The van der Waals surface area contributed by atoms with Crippen molar-refractivity contribution in [2.45, 2.75) is 6.42 Å². The van der Waals surface area contributed by atoms with Crippen LogP contribution in [0.2, 0.25) is 0 Å². The number of nitrogens with one attached hydrogen (secondary N) is 1. The van der Waals surface area contributed by atoms with Crippen molar-refractivity contribution in [1.29, 1.82) is 0 Å². The summed E-state index contributed by atoms with van der Waals surface area (Å²) >= 11 is 0. The molecule has 6 heteroatoms. The zero-order chi connectivity index (χ0) is 17.1. The van der Waals surface area contributed by atoms with E-state index in [-0.39, 0.29) is 25.0 Å². The van der Waals surface area contributed by atoms with E-state index in [1.54, 1.807) is 50.5 Å². The van der Waals surface area contributed by atoms with E-state index in [9.17, 15) is 9.59 Å². The van der Waals surface area contributed by atoms with Gasteiger partial charge in [-0.05, 0) is 29.8 Å². The molecule has 3 rings (SSSR count). The van der Waals surface area contributed by atoms with Crippen LogP contribution in [0.15, 0.2) is 42.5 Å². The molecular formula is C18H18N2O4. The van der Waals surface area contributed by atoms with Crippen molar-refractivity contribution in [1.82, 2.24) is 4.90 Å². The van der Waals surface area contributed by atoms with Crippen LogP contribution >= 0.6 is 0 Å². The maximum absolute atomic E-state index is 12.3. The molecule has 0 saturated carbocycles. The largest absolute Gasteiger partial charge is 0.454 e. The second kappa shape index (κ2) is 6.62. The molecule has 0 saturated heterocycles. The number of carbonyl (C=O) groups excluding carboxylic acids is 2. The Kier molecular flexibility index (Phi) is 4.37. The highest BCUT2D eigenvalue weighted by molar-refractivity contribution is 6.03. The number of benzene rings is 2. The Hall–Kier alpha value is -3.02. The van der Waals surface area contributed by atoms with E-state index in [0.29, 0.717) is 22.7 Å². The maximum Gasteiger partial charge on any atom is 0.255 e. The summed E-state index contributed by atoms with van der Waals surface area (Å²) in [6, 6.07) is 12.4. The number of fused-ring (bicyclic) bond motifs is 1. The van der Waals surface area contributed by atoms with E-state index in [1.165, 1.54) is 4.90 Å². The van der Waals surface area contributed by atoms with Crippen LogP contribution in [0.25, 0.3) is 0 Å². The van der Waals surface area contributed by atoms with Crippen molar-refractivity contribution in [3.63, 3.8) is 0 Å². The van der Waals surface area contributed by atoms with E-state index in [0.717, 1.165) is 5.56 Å². The van der Waals surface area contributed by atoms with Gasteiger partial charge in [-0.3, -0.25) is 9.59 Å². The molecular weight excluding hydrogens is 308 g/mol. The molecule has 1 N–H and O–H groups in total. The summed E-state index contributed by atoms with van der Waals surface area (Å²) in [4.78, 5) is 26.0. The van der Waals surface area contributed by atoms with E-state index in [4.69, 9.17) is 9.47 Å².